The molecule has 188 valence electrons. The van der Waals surface area contributed by atoms with Crippen molar-refractivity contribution in [1.29, 1.82) is 0 Å². The van der Waals surface area contributed by atoms with Gasteiger partial charge in [0, 0.05) is 17.9 Å². The van der Waals surface area contributed by atoms with Crippen LogP contribution in [-0.4, -0.2) is 26.8 Å². The topological polar surface area (TPSA) is 156 Å². The monoisotopic (exact) mass is 548 g/mol. The van der Waals surface area contributed by atoms with Crippen LogP contribution >= 0.6 is 11.3 Å². The molecule has 4 aromatic rings. The number of halogens is 1. The number of nitrogens with zero attached hydrogens (tertiary/aromatic N) is 2. The minimum Gasteiger partial charge on any atom is -0.338 e. The van der Waals surface area contributed by atoms with Crippen molar-refractivity contribution in [2.24, 2.45) is 5.14 Å². The molecule has 0 spiro atoms. The van der Waals surface area contributed by atoms with E-state index in [0.29, 0.717) is 22.5 Å². The molecule has 0 radical (unpaired) electrons. The van der Waals surface area contributed by atoms with Gasteiger partial charge in [-0.3, -0.25) is 0 Å². The summed E-state index contributed by atoms with van der Waals surface area (Å²) < 4.78 is 65.1. The van der Waals surface area contributed by atoms with Crippen LogP contribution in [0.25, 0.3) is 0 Å². The minimum absolute atomic E-state index is 0.0303. The van der Waals surface area contributed by atoms with E-state index < -0.39 is 25.9 Å². The summed E-state index contributed by atoms with van der Waals surface area (Å²) in [5.41, 5.74) is 2.05. The number of hydrogen-bond donors (Lipinski definition) is 4. The predicted molar refractivity (Wildman–Crippen MR) is 136 cm³/mol. The molecule has 0 aliphatic carbocycles. The molecule has 5 N–H and O–H groups in total. The highest BCUT2D eigenvalue weighted by atomic mass is 32.2. The van der Waals surface area contributed by atoms with E-state index in [1.165, 1.54) is 12.1 Å². The lowest BCUT2D eigenvalue weighted by Gasteiger charge is -2.11. The summed E-state index contributed by atoms with van der Waals surface area (Å²) in [4.78, 5) is 7.96. The lowest BCUT2D eigenvalue weighted by molar-refractivity contribution is 0.583. The van der Waals surface area contributed by atoms with Crippen molar-refractivity contribution in [2.45, 2.75) is 22.6 Å². The van der Waals surface area contributed by atoms with Crippen molar-refractivity contribution in [2.75, 3.05) is 10.6 Å². The van der Waals surface area contributed by atoms with Gasteiger partial charge in [0.1, 0.15) is 4.21 Å². The second-order valence-electron chi connectivity index (χ2n) is 7.62. The van der Waals surface area contributed by atoms with E-state index in [1.54, 1.807) is 54.8 Å². The van der Waals surface area contributed by atoms with E-state index in [0.717, 1.165) is 17.5 Å². The third-order valence-corrected chi connectivity index (χ3v) is 8.79. The Kier molecular flexibility index (Phi) is 7.33. The largest absolute Gasteiger partial charge is 0.338 e. The van der Waals surface area contributed by atoms with Crippen LogP contribution in [0.15, 0.2) is 75.3 Å². The molecule has 4 rings (SSSR count). The zero-order valence-corrected chi connectivity index (χ0v) is 21.2. The van der Waals surface area contributed by atoms with Gasteiger partial charge in [-0.05, 0) is 53.8 Å². The quantitative estimate of drug-likeness (QED) is 0.247. The molecule has 0 atom stereocenters. The number of primary sulfonamides is 1. The van der Waals surface area contributed by atoms with Crippen molar-refractivity contribution >= 4 is 54.5 Å². The van der Waals surface area contributed by atoms with Gasteiger partial charge in [0.15, 0.2) is 11.6 Å². The summed E-state index contributed by atoms with van der Waals surface area (Å²) in [5.74, 6) is -0.789. The summed E-state index contributed by atoms with van der Waals surface area (Å²) in [5, 5.41) is 12.6. The van der Waals surface area contributed by atoms with Crippen molar-refractivity contribution < 1.29 is 21.2 Å². The molecule has 0 unspecified atom stereocenters. The molecule has 14 heteroatoms. The van der Waals surface area contributed by atoms with Crippen LogP contribution in [0.5, 0.6) is 0 Å². The molecular formula is C22H21FN6O4S3. The van der Waals surface area contributed by atoms with Gasteiger partial charge in [0.2, 0.25) is 26.0 Å². The Morgan fingerprint density at radius 2 is 1.72 bits per heavy atom. The molecule has 2 aromatic carbocycles. The first-order chi connectivity index (χ1) is 17.0. The molecule has 0 amide bonds. The van der Waals surface area contributed by atoms with Crippen LogP contribution in [0.4, 0.5) is 27.5 Å². The first kappa shape index (κ1) is 25.7. The third-order valence-electron chi connectivity index (χ3n) is 4.94. The predicted octanol–water partition coefficient (Wildman–Crippen LogP) is 3.60. The Morgan fingerprint density at radius 3 is 2.39 bits per heavy atom. The lowest BCUT2D eigenvalue weighted by atomic mass is 10.2. The second kappa shape index (κ2) is 10.3. The number of benzene rings is 2. The minimum atomic E-state index is -3.92. The zero-order valence-electron chi connectivity index (χ0n) is 18.8. The molecular weight excluding hydrogens is 527 g/mol. The smallest absolute Gasteiger partial charge is 0.250 e. The molecule has 0 fully saturated rings. The van der Waals surface area contributed by atoms with Gasteiger partial charge in [0.05, 0.1) is 11.1 Å². The standard InChI is InChI=1S/C22H21FN6O4S3/c1-14-4-7-17(11-19(14)35(24,30)31)28-22-25-13-18(23)21(29-22)27-16-8-5-15(6-9-16)12-26-36(32,33)20-3-2-10-34-20/h2-11,13,26H,12H2,1H3,(H2,24,30,31)(H2,25,27,28,29). The number of rotatable bonds is 9. The molecule has 0 saturated heterocycles. The van der Waals surface area contributed by atoms with E-state index in [2.05, 4.69) is 25.3 Å². The fraction of sp³-hybridized carbons (Fsp3) is 0.0909. The first-order valence-electron chi connectivity index (χ1n) is 10.3. The molecule has 0 bridgehead atoms. The average Bonchev–Trinajstić information content (AvgIpc) is 3.38. The van der Waals surface area contributed by atoms with Crippen LogP contribution in [0.3, 0.4) is 0 Å². The highest BCUT2D eigenvalue weighted by molar-refractivity contribution is 7.91. The number of hydrogen-bond acceptors (Lipinski definition) is 9. The van der Waals surface area contributed by atoms with Gasteiger partial charge < -0.3 is 10.6 Å². The number of aromatic nitrogens is 2. The van der Waals surface area contributed by atoms with Crippen LogP contribution in [0.1, 0.15) is 11.1 Å². The number of sulfonamides is 2. The van der Waals surface area contributed by atoms with Crippen LogP contribution in [-0.2, 0) is 26.6 Å². The van der Waals surface area contributed by atoms with Crippen LogP contribution < -0.4 is 20.5 Å². The summed E-state index contributed by atoms with van der Waals surface area (Å²) in [6, 6.07) is 14.4. The van der Waals surface area contributed by atoms with Gasteiger partial charge in [-0.15, -0.1) is 11.3 Å². The lowest BCUT2D eigenvalue weighted by Crippen LogP contribution is -2.22. The Balaban J connectivity index is 1.45. The van der Waals surface area contributed by atoms with Gasteiger partial charge in [-0.1, -0.05) is 24.3 Å². The van der Waals surface area contributed by atoms with E-state index in [9.17, 15) is 21.2 Å². The maximum absolute atomic E-state index is 14.3. The van der Waals surface area contributed by atoms with E-state index in [1.807, 2.05) is 0 Å². The van der Waals surface area contributed by atoms with E-state index >= 15 is 0 Å². The normalized spacial score (nSPS) is 11.9. The number of anilines is 4. The van der Waals surface area contributed by atoms with Crippen LogP contribution in [0.2, 0.25) is 0 Å². The summed E-state index contributed by atoms with van der Waals surface area (Å²) >= 11 is 1.13. The van der Waals surface area contributed by atoms with Gasteiger partial charge in [-0.2, -0.15) is 4.98 Å². The van der Waals surface area contributed by atoms with Crippen molar-refractivity contribution in [3.8, 4) is 0 Å². The molecule has 10 nitrogen and oxygen atoms in total. The molecule has 2 aromatic heterocycles. The highest BCUT2D eigenvalue weighted by Crippen LogP contribution is 2.24. The Morgan fingerprint density at radius 1 is 1.00 bits per heavy atom. The number of nitrogens with one attached hydrogen (secondary N) is 3. The zero-order chi connectivity index (χ0) is 25.9. The van der Waals surface area contributed by atoms with Gasteiger partial charge in [-0.25, -0.2) is 36.1 Å². The maximum atomic E-state index is 14.3. The first-order valence-corrected chi connectivity index (χ1v) is 14.2. The molecule has 2 heterocycles. The second-order valence-corrected chi connectivity index (χ2v) is 12.1. The number of nitrogens with two attached hydrogens (primary N) is 1. The van der Waals surface area contributed by atoms with Crippen LogP contribution in [0, 0.1) is 12.7 Å². The third kappa shape index (κ3) is 6.22. The summed E-state index contributed by atoms with van der Waals surface area (Å²) in [6.45, 7) is 1.71. The highest BCUT2D eigenvalue weighted by Gasteiger charge is 2.15. The Hall–Kier alpha value is -3.43. The molecule has 0 saturated carbocycles. The molecule has 0 aliphatic heterocycles. The summed E-state index contributed by atoms with van der Waals surface area (Å²) in [7, 11) is -7.51. The van der Waals surface area contributed by atoms with E-state index in [4.69, 9.17) is 5.14 Å². The maximum Gasteiger partial charge on any atom is 0.250 e. The number of aryl methyl sites for hydroxylation is 1. The fourth-order valence-corrected chi connectivity index (χ4v) is 6.00. The number of thiophene rings is 1. The summed E-state index contributed by atoms with van der Waals surface area (Å²) in [6.07, 6.45) is 0.972. The Bertz CT molecular complexity index is 1590. The Labute approximate surface area is 211 Å². The fourth-order valence-electron chi connectivity index (χ4n) is 3.14. The molecule has 0 aliphatic rings. The van der Waals surface area contributed by atoms with Crippen molar-refractivity contribution in [3.05, 3.63) is 83.1 Å². The molecule has 36 heavy (non-hydrogen) atoms. The average molecular weight is 549 g/mol. The van der Waals surface area contributed by atoms with E-state index in [-0.39, 0.29) is 27.4 Å². The SMILES string of the molecule is Cc1ccc(Nc2ncc(F)c(Nc3ccc(CNS(=O)(=O)c4cccs4)cc3)n2)cc1S(N)(=O)=O. The van der Waals surface area contributed by atoms with Gasteiger partial charge >= 0.3 is 0 Å². The van der Waals surface area contributed by atoms with Crippen molar-refractivity contribution in [1.82, 2.24) is 14.7 Å². The van der Waals surface area contributed by atoms with Crippen molar-refractivity contribution in [3.63, 3.8) is 0 Å². The van der Waals surface area contributed by atoms with Gasteiger partial charge in [0.25, 0.3) is 0 Å².